The summed E-state index contributed by atoms with van der Waals surface area (Å²) in [6.07, 6.45) is 0. The van der Waals surface area contributed by atoms with Crippen LogP contribution in [0.2, 0.25) is 0 Å². The highest BCUT2D eigenvalue weighted by molar-refractivity contribution is 8.00. The van der Waals surface area contributed by atoms with Gasteiger partial charge in [0.05, 0.1) is 22.7 Å². The molecule has 2 heterocycles. The van der Waals surface area contributed by atoms with E-state index < -0.39 is 0 Å². The van der Waals surface area contributed by atoms with Gasteiger partial charge in [0.25, 0.3) is 0 Å². The molecule has 2 aliphatic rings. The molecule has 0 aliphatic carbocycles. The molecular weight excluding hydrogens is 693 g/mol. The van der Waals surface area contributed by atoms with Crippen molar-refractivity contribution in [3.05, 3.63) is 194 Å². The normalized spacial score (nSPS) is 13.0. The van der Waals surface area contributed by atoms with Gasteiger partial charge in [0, 0.05) is 31.0 Å². The Labute approximate surface area is 323 Å². The summed E-state index contributed by atoms with van der Waals surface area (Å²) in [7, 11) is 0. The third-order valence-corrected chi connectivity index (χ3v) is 12.8. The number of nitrogens with zero attached hydrogens (tertiary/aromatic N) is 2. The van der Waals surface area contributed by atoms with Gasteiger partial charge in [-0.15, -0.1) is 0 Å². The Kier molecular flexibility index (Phi) is 7.39. The maximum Gasteiger partial charge on any atom is 0.0601 e. The van der Waals surface area contributed by atoms with Gasteiger partial charge in [0.15, 0.2) is 0 Å². The number of rotatable bonds is 4. The number of hydrogen-bond donors (Lipinski definition) is 0. The summed E-state index contributed by atoms with van der Waals surface area (Å²) in [5, 5.41) is 4.93. The first-order valence-electron chi connectivity index (χ1n) is 18.3. The average molecular weight is 725 g/mol. The van der Waals surface area contributed by atoms with Gasteiger partial charge < -0.3 is 9.80 Å². The van der Waals surface area contributed by atoms with Crippen LogP contribution < -0.4 is 9.80 Å². The first-order valence-corrected chi connectivity index (χ1v) is 19.9. The van der Waals surface area contributed by atoms with Crippen molar-refractivity contribution in [2.45, 2.75) is 19.6 Å². The van der Waals surface area contributed by atoms with Gasteiger partial charge in [0.1, 0.15) is 0 Å². The van der Waals surface area contributed by atoms with Crippen molar-refractivity contribution < 1.29 is 0 Å². The van der Waals surface area contributed by atoms with E-state index in [0.29, 0.717) is 0 Å². The molecule has 0 aromatic heterocycles. The highest BCUT2D eigenvalue weighted by atomic mass is 32.2. The van der Waals surface area contributed by atoms with Crippen LogP contribution in [0.15, 0.2) is 214 Å². The molecule has 2 aliphatic heterocycles. The minimum atomic E-state index is 1.15. The Balaban J connectivity index is 1.22. The summed E-state index contributed by atoms with van der Waals surface area (Å²) in [4.78, 5) is 9.91. The van der Waals surface area contributed by atoms with Crippen molar-refractivity contribution in [2.75, 3.05) is 9.80 Å². The largest absolute Gasteiger partial charge is 0.308 e. The second kappa shape index (κ2) is 12.7. The van der Waals surface area contributed by atoms with E-state index in [1.54, 1.807) is 0 Å². The molecule has 4 heteroatoms. The Morgan fingerprint density at radius 1 is 0.278 bits per heavy atom. The monoisotopic (exact) mass is 724 g/mol. The van der Waals surface area contributed by atoms with Crippen molar-refractivity contribution >= 4 is 79.2 Å². The fourth-order valence-electron chi connectivity index (χ4n) is 8.28. The summed E-state index contributed by atoms with van der Waals surface area (Å²) in [5.41, 5.74) is 12.0. The van der Waals surface area contributed by atoms with Gasteiger partial charge in [-0.05, 0) is 117 Å². The maximum absolute atomic E-state index is 2.44. The second-order valence-corrected chi connectivity index (χ2v) is 15.9. The predicted octanol–water partition coefficient (Wildman–Crippen LogP) is 15.2. The fourth-order valence-corrected chi connectivity index (χ4v) is 10.4. The van der Waals surface area contributed by atoms with E-state index in [2.05, 4.69) is 204 Å². The van der Waals surface area contributed by atoms with E-state index in [-0.39, 0.29) is 0 Å². The Bertz CT molecular complexity index is 2610. The van der Waals surface area contributed by atoms with Crippen LogP contribution in [0.25, 0.3) is 43.8 Å². The number of anilines is 6. The van der Waals surface area contributed by atoms with Crippen molar-refractivity contribution in [3.63, 3.8) is 0 Å². The number of hydrogen-bond acceptors (Lipinski definition) is 4. The molecule has 0 saturated heterocycles. The van der Waals surface area contributed by atoms with E-state index >= 15 is 0 Å². The molecule has 254 valence electrons. The molecule has 9 aromatic carbocycles. The van der Waals surface area contributed by atoms with E-state index in [4.69, 9.17) is 0 Å². The van der Waals surface area contributed by atoms with Crippen LogP contribution in [0.5, 0.6) is 0 Å². The summed E-state index contributed by atoms with van der Waals surface area (Å²) in [6.45, 7) is 0. The Hall–Kier alpha value is -6.20. The van der Waals surface area contributed by atoms with Crippen molar-refractivity contribution in [3.8, 4) is 22.3 Å². The second-order valence-electron chi connectivity index (χ2n) is 13.7. The molecule has 11 rings (SSSR count). The van der Waals surface area contributed by atoms with Crippen LogP contribution in [0.1, 0.15) is 0 Å². The molecule has 0 amide bonds. The summed E-state index contributed by atoms with van der Waals surface area (Å²) < 4.78 is 0. The zero-order chi connectivity index (χ0) is 35.6. The maximum atomic E-state index is 2.44. The molecule has 0 atom stereocenters. The van der Waals surface area contributed by atoms with Crippen molar-refractivity contribution in [2.24, 2.45) is 0 Å². The summed E-state index contributed by atoms with van der Waals surface area (Å²) in [6, 6.07) is 71.1. The third kappa shape index (κ3) is 4.98. The SMILES string of the molecule is c1ccc(-c2c3ccc(N4c5ccccc5Sc5ccccc54)cc3c(-c3ccccc3)c3ccc(N4c5ccccc5Sc5ccccc54)cc23)cc1. The molecule has 0 radical (unpaired) electrons. The van der Waals surface area contributed by atoms with Crippen LogP contribution in [0.3, 0.4) is 0 Å². The lowest BCUT2D eigenvalue weighted by atomic mass is 9.85. The number of para-hydroxylation sites is 4. The van der Waals surface area contributed by atoms with Crippen molar-refractivity contribution in [1.82, 2.24) is 0 Å². The van der Waals surface area contributed by atoms with Crippen LogP contribution in [0, 0.1) is 0 Å². The standard InChI is InChI=1S/C50H32N2S2/c1-3-15-33(16-4-1)49-37-29-27-36(52-43-21-9-13-25-47(43)54-48-26-14-10-22-44(48)52)32-40(37)50(34-17-5-2-6-18-34)38-30-28-35(31-39(38)49)51-41-19-7-11-23-45(41)53-46-24-12-8-20-42(46)51/h1-32H. The predicted molar refractivity (Wildman–Crippen MR) is 230 cm³/mol. The molecule has 0 saturated carbocycles. The van der Waals surface area contributed by atoms with Gasteiger partial charge in [-0.1, -0.05) is 145 Å². The fraction of sp³-hybridized carbons (Fsp3) is 0. The van der Waals surface area contributed by atoms with E-state index in [0.717, 1.165) is 11.4 Å². The zero-order valence-electron chi connectivity index (χ0n) is 29.2. The molecular formula is C50H32N2S2. The summed E-state index contributed by atoms with van der Waals surface area (Å²) in [5.74, 6) is 0. The third-order valence-electron chi connectivity index (χ3n) is 10.6. The van der Waals surface area contributed by atoms with Gasteiger partial charge in [-0.3, -0.25) is 0 Å². The zero-order valence-corrected chi connectivity index (χ0v) is 30.8. The van der Waals surface area contributed by atoms with Gasteiger partial charge in [0.2, 0.25) is 0 Å². The quantitative estimate of drug-likeness (QED) is 0.167. The molecule has 0 bridgehead atoms. The van der Waals surface area contributed by atoms with E-state index in [1.807, 2.05) is 23.5 Å². The number of benzene rings is 9. The first kappa shape index (κ1) is 31.3. The minimum Gasteiger partial charge on any atom is -0.308 e. The molecule has 9 aromatic rings. The first-order chi connectivity index (χ1) is 26.8. The van der Waals surface area contributed by atoms with Gasteiger partial charge in [-0.25, -0.2) is 0 Å². The highest BCUT2D eigenvalue weighted by Crippen LogP contribution is 2.55. The van der Waals surface area contributed by atoms with Gasteiger partial charge in [-0.2, -0.15) is 0 Å². The van der Waals surface area contributed by atoms with Crippen LogP contribution >= 0.6 is 23.5 Å². The van der Waals surface area contributed by atoms with E-state index in [1.165, 1.54) is 86.1 Å². The molecule has 54 heavy (non-hydrogen) atoms. The lowest BCUT2D eigenvalue weighted by molar-refractivity contribution is 1.17. The van der Waals surface area contributed by atoms with Gasteiger partial charge >= 0.3 is 0 Å². The van der Waals surface area contributed by atoms with Crippen LogP contribution in [-0.2, 0) is 0 Å². The van der Waals surface area contributed by atoms with Crippen LogP contribution in [-0.4, -0.2) is 0 Å². The lowest BCUT2D eigenvalue weighted by Gasteiger charge is -2.33. The highest BCUT2D eigenvalue weighted by Gasteiger charge is 2.28. The Morgan fingerprint density at radius 3 is 0.944 bits per heavy atom. The molecule has 0 unspecified atom stereocenters. The molecule has 0 fully saturated rings. The van der Waals surface area contributed by atoms with Crippen LogP contribution in [0.4, 0.5) is 34.1 Å². The molecule has 2 nitrogen and oxygen atoms in total. The molecule has 0 spiro atoms. The summed E-state index contributed by atoms with van der Waals surface area (Å²) >= 11 is 3.69. The smallest absolute Gasteiger partial charge is 0.0601 e. The van der Waals surface area contributed by atoms with Crippen molar-refractivity contribution in [1.29, 1.82) is 0 Å². The minimum absolute atomic E-state index is 1.15. The Morgan fingerprint density at radius 2 is 0.593 bits per heavy atom. The van der Waals surface area contributed by atoms with E-state index in [9.17, 15) is 0 Å². The number of fused-ring (bicyclic) bond motifs is 6. The average Bonchev–Trinajstić information content (AvgIpc) is 3.24. The lowest BCUT2D eigenvalue weighted by Crippen LogP contribution is -2.15. The topological polar surface area (TPSA) is 6.48 Å². The molecule has 0 N–H and O–H groups in total.